The maximum Gasteiger partial charge on any atom is 0.184 e. The number of benzene rings is 3. The van der Waals surface area contributed by atoms with E-state index < -0.39 is 6.29 Å². The van der Waals surface area contributed by atoms with Gasteiger partial charge in [0.15, 0.2) is 6.29 Å². The minimum Gasteiger partial charge on any atom is -0.497 e. The second-order valence-electron chi connectivity index (χ2n) is 13.7. The minimum atomic E-state index is -0.471. The zero-order chi connectivity index (χ0) is 35.0. The number of hydrogen-bond acceptors (Lipinski definition) is 9. The number of rotatable bonds is 13. The summed E-state index contributed by atoms with van der Waals surface area (Å²) in [5.41, 5.74) is 3.15. The summed E-state index contributed by atoms with van der Waals surface area (Å²) in [7, 11) is 1.65. The molecule has 0 spiro atoms. The third-order valence-corrected chi connectivity index (χ3v) is 10.3. The highest BCUT2D eigenvalue weighted by Crippen LogP contribution is 2.39. The van der Waals surface area contributed by atoms with Crippen LogP contribution in [0.25, 0.3) is 0 Å². The standard InChI is InChI=1S/C42H50O9/c1-4-32-34(20-21-35-38(47-32)23-39-41(50-35)27-46-42(51-39)30-16-18-31(43-3)19-17-30)49-37-22-36(45-25-29-14-10-7-11-15-29)40(48-33(37)5-2)26-44-24-28-12-8-6-9-13-28/h4-19,32-42H,1-2,20-27H2,3H3/t32-,33+,34+,35-,36+,37-,38+,39-,40-,41+,42+/m0/s1. The van der Waals surface area contributed by atoms with E-state index in [1.165, 1.54) is 0 Å². The van der Waals surface area contributed by atoms with Crippen molar-refractivity contribution in [1.82, 2.24) is 0 Å². The van der Waals surface area contributed by atoms with Gasteiger partial charge in [-0.2, -0.15) is 0 Å². The van der Waals surface area contributed by atoms with E-state index in [1.807, 2.05) is 72.8 Å². The van der Waals surface area contributed by atoms with Crippen molar-refractivity contribution in [3.05, 3.63) is 127 Å². The molecular formula is C42H50O9. The fraction of sp³-hybridized carbons (Fsp3) is 0.476. The van der Waals surface area contributed by atoms with Crippen LogP contribution in [0, 0.1) is 0 Å². The van der Waals surface area contributed by atoms with E-state index in [0.717, 1.165) is 35.3 Å². The SMILES string of the molecule is C=C[C@@H]1O[C@@H]2C[C@@H]3O[C@H](c4ccc(OC)cc4)OC[C@H]3O[C@H]2CC[C@H]1O[C@H]1C[C@@H](OCc2ccccc2)[C@H](COCc2ccccc2)O[C@@H]1C=C. The zero-order valence-electron chi connectivity index (χ0n) is 29.3. The molecule has 4 aliphatic rings. The average molecular weight is 699 g/mol. The lowest BCUT2D eigenvalue weighted by Gasteiger charge is -2.45. The van der Waals surface area contributed by atoms with Gasteiger partial charge in [0.2, 0.25) is 0 Å². The van der Waals surface area contributed by atoms with E-state index in [2.05, 4.69) is 37.4 Å². The Balaban J connectivity index is 0.996. The van der Waals surface area contributed by atoms with Gasteiger partial charge in [0.1, 0.15) is 30.2 Å². The van der Waals surface area contributed by atoms with Gasteiger partial charge in [-0.05, 0) is 36.1 Å². The first-order valence-electron chi connectivity index (χ1n) is 18.1. The summed E-state index contributed by atoms with van der Waals surface area (Å²) in [6.07, 6.45) is 3.70. The molecule has 4 aliphatic heterocycles. The molecule has 4 fully saturated rings. The Morgan fingerprint density at radius 1 is 0.667 bits per heavy atom. The Bertz CT molecular complexity index is 1520. The van der Waals surface area contributed by atoms with Crippen molar-refractivity contribution in [2.45, 2.75) is 106 Å². The summed E-state index contributed by atoms with van der Waals surface area (Å²) in [6, 6.07) is 28.1. The first-order valence-corrected chi connectivity index (χ1v) is 18.1. The molecular weight excluding hydrogens is 648 g/mol. The van der Waals surface area contributed by atoms with Crippen LogP contribution in [-0.2, 0) is 51.1 Å². The highest BCUT2D eigenvalue weighted by molar-refractivity contribution is 5.28. The summed E-state index contributed by atoms with van der Waals surface area (Å²) in [5.74, 6) is 0.789. The van der Waals surface area contributed by atoms with Crippen LogP contribution < -0.4 is 4.74 Å². The molecule has 3 aromatic carbocycles. The van der Waals surface area contributed by atoms with Gasteiger partial charge in [0.05, 0.1) is 70.2 Å². The fourth-order valence-corrected chi connectivity index (χ4v) is 7.49. The second kappa shape index (κ2) is 17.4. The highest BCUT2D eigenvalue weighted by atomic mass is 16.7. The summed E-state index contributed by atoms with van der Waals surface area (Å²) in [5, 5.41) is 0. The monoisotopic (exact) mass is 698 g/mol. The third-order valence-electron chi connectivity index (χ3n) is 10.3. The van der Waals surface area contributed by atoms with Gasteiger partial charge >= 0.3 is 0 Å². The van der Waals surface area contributed by atoms with Crippen molar-refractivity contribution >= 4 is 0 Å². The molecule has 9 nitrogen and oxygen atoms in total. The number of fused-ring (bicyclic) bond motifs is 2. The fourth-order valence-electron chi connectivity index (χ4n) is 7.49. The van der Waals surface area contributed by atoms with Crippen molar-refractivity contribution in [1.29, 1.82) is 0 Å². The first kappa shape index (κ1) is 36.0. The zero-order valence-corrected chi connectivity index (χ0v) is 29.3. The Kier molecular flexibility index (Phi) is 12.3. The van der Waals surface area contributed by atoms with Crippen molar-refractivity contribution in [2.75, 3.05) is 20.3 Å². The number of methoxy groups -OCH3 is 1. The molecule has 51 heavy (non-hydrogen) atoms. The van der Waals surface area contributed by atoms with Crippen molar-refractivity contribution in [2.24, 2.45) is 0 Å². The molecule has 7 rings (SSSR count). The van der Waals surface area contributed by atoms with Crippen LogP contribution in [0.4, 0.5) is 0 Å². The van der Waals surface area contributed by atoms with Gasteiger partial charge in [-0.25, -0.2) is 0 Å². The van der Waals surface area contributed by atoms with Crippen molar-refractivity contribution in [3.8, 4) is 5.75 Å². The van der Waals surface area contributed by atoms with Crippen LogP contribution >= 0.6 is 0 Å². The Morgan fingerprint density at radius 2 is 1.35 bits per heavy atom. The average Bonchev–Trinajstić information content (AvgIpc) is 3.35. The van der Waals surface area contributed by atoms with Crippen molar-refractivity contribution in [3.63, 3.8) is 0 Å². The second-order valence-corrected chi connectivity index (χ2v) is 13.7. The van der Waals surface area contributed by atoms with E-state index >= 15 is 0 Å². The molecule has 0 N–H and O–H groups in total. The lowest BCUT2D eigenvalue weighted by Crippen LogP contribution is -2.54. The van der Waals surface area contributed by atoms with Gasteiger partial charge in [-0.15, -0.1) is 13.2 Å². The molecule has 0 aliphatic carbocycles. The van der Waals surface area contributed by atoms with Crippen LogP contribution in [0.1, 0.15) is 48.7 Å². The summed E-state index contributed by atoms with van der Waals surface area (Å²) in [4.78, 5) is 0. The van der Waals surface area contributed by atoms with E-state index in [1.54, 1.807) is 7.11 Å². The van der Waals surface area contributed by atoms with Crippen LogP contribution in [-0.4, -0.2) is 81.4 Å². The number of hydrogen-bond donors (Lipinski definition) is 0. The predicted molar refractivity (Wildman–Crippen MR) is 191 cm³/mol. The molecule has 0 amide bonds. The van der Waals surface area contributed by atoms with E-state index in [4.69, 9.17) is 42.6 Å². The molecule has 9 heteroatoms. The summed E-state index contributed by atoms with van der Waals surface area (Å²) in [6.45, 7) is 10.1. The number of ether oxygens (including phenoxy) is 9. The Labute approximate surface area is 301 Å². The van der Waals surface area contributed by atoms with E-state index in [0.29, 0.717) is 39.3 Å². The Morgan fingerprint density at radius 3 is 2.06 bits per heavy atom. The molecule has 0 unspecified atom stereocenters. The summed E-state index contributed by atoms with van der Waals surface area (Å²) < 4.78 is 57.4. The third kappa shape index (κ3) is 8.99. The maximum absolute atomic E-state index is 6.91. The van der Waals surface area contributed by atoms with Crippen LogP contribution in [0.3, 0.4) is 0 Å². The highest BCUT2D eigenvalue weighted by Gasteiger charge is 2.47. The molecule has 0 radical (unpaired) electrons. The normalized spacial score (nSPS) is 33.6. The molecule has 4 heterocycles. The van der Waals surface area contributed by atoms with Crippen LogP contribution in [0.2, 0.25) is 0 Å². The predicted octanol–water partition coefficient (Wildman–Crippen LogP) is 6.90. The lowest BCUT2D eigenvalue weighted by molar-refractivity contribution is -0.306. The lowest BCUT2D eigenvalue weighted by atomic mass is 9.94. The van der Waals surface area contributed by atoms with Gasteiger partial charge in [-0.1, -0.05) is 84.9 Å². The molecule has 272 valence electrons. The Hall–Kier alpha value is -3.38. The van der Waals surface area contributed by atoms with Crippen molar-refractivity contribution < 1.29 is 42.6 Å². The first-order chi connectivity index (χ1) is 25.1. The largest absolute Gasteiger partial charge is 0.497 e. The topological polar surface area (TPSA) is 83.1 Å². The molecule has 0 saturated carbocycles. The summed E-state index contributed by atoms with van der Waals surface area (Å²) >= 11 is 0. The van der Waals surface area contributed by atoms with Crippen LogP contribution in [0.5, 0.6) is 5.75 Å². The maximum atomic E-state index is 6.91. The molecule has 0 bridgehead atoms. The van der Waals surface area contributed by atoms with E-state index in [9.17, 15) is 0 Å². The quantitative estimate of drug-likeness (QED) is 0.177. The molecule has 11 atom stereocenters. The molecule has 3 aromatic rings. The van der Waals surface area contributed by atoms with Gasteiger partial charge in [-0.3, -0.25) is 0 Å². The minimum absolute atomic E-state index is 0.0991. The smallest absolute Gasteiger partial charge is 0.184 e. The van der Waals surface area contributed by atoms with E-state index in [-0.39, 0.29) is 61.0 Å². The van der Waals surface area contributed by atoms with Gasteiger partial charge < -0.3 is 42.6 Å². The molecule has 0 aromatic heterocycles. The van der Waals surface area contributed by atoms with Crippen LogP contribution in [0.15, 0.2) is 110 Å². The van der Waals surface area contributed by atoms with Gasteiger partial charge in [0, 0.05) is 18.4 Å². The van der Waals surface area contributed by atoms with Gasteiger partial charge in [0.25, 0.3) is 0 Å². The molecule has 4 saturated heterocycles.